The standard InChI is InChI=1S/C51H32O/c1-4-15-33(16-5-1)43-31-35-28-27-34(38-29-30-47-48-40(38)23-14-24-41(48)39-21-11-13-26-46(39)52-47)32-44(35)50-49(43)42-22-10-12-25-45(42)51(50,36-17-6-2-7-18-36)37-19-8-3-9-20-37/h1-32H. The third-order valence-electron chi connectivity index (χ3n) is 11.3. The molecule has 242 valence electrons. The van der Waals surface area contributed by atoms with Crippen LogP contribution < -0.4 is 4.74 Å². The lowest BCUT2D eigenvalue weighted by Gasteiger charge is -2.35. The minimum absolute atomic E-state index is 0.534. The molecule has 0 aromatic heterocycles. The van der Waals surface area contributed by atoms with Gasteiger partial charge in [0.25, 0.3) is 0 Å². The van der Waals surface area contributed by atoms with Crippen molar-refractivity contribution < 1.29 is 4.74 Å². The van der Waals surface area contributed by atoms with E-state index in [1.807, 2.05) is 6.07 Å². The van der Waals surface area contributed by atoms with Crippen molar-refractivity contribution >= 4 is 21.5 Å². The third-order valence-corrected chi connectivity index (χ3v) is 11.3. The van der Waals surface area contributed by atoms with E-state index in [1.54, 1.807) is 0 Å². The highest BCUT2D eigenvalue weighted by Crippen LogP contribution is 2.60. The molecule has 0 radical (unpaired) electrons. The Morgan fingerprint density at radius 3 is 1.79 bits per heavy atom. The van der Waals surface area contributed by atoms with E-state index in [0.717, 1.165) is 17.1 Å². The van der Waals surface area contributed by atoms with Gasteiger partial charge < -0.3 is 4.74 Å². The Kier molecular flexibility index (Phi) is 6.23. The summed E-state index contributed by atoms with van der Waals surface area (Å²) < 4.78 is 6.49. The van der Waals surface area contributed by atoms with Crippen LogP contribution in [0.2, 0.25) is 0 Å². The Morgan fingerprint density at radius 1 is 0.365 bits per heavy atom. The van der Waals surface area contributed by atoms with Crippen molar-refractivity contribution in [1.82, 2.24) is 0 Å². The normalized spacial score (nSPS) is 13.3. The molecule has 52 heavy (non-hydrogen) atoms. The first-order valence-electron chi connectivity index (χ1n) is 18.0. The molecule has 1 aliphatic heterocycles. The number of benzene rings is 9. The van der Waals surface area contributed by atoms with E-state index in [-0.39, 0.29) is 0 Å². The summed E-state index contributed by atoms with van der Waals surface area (Å²) in [5.41, 5.74) is 14.5. The summed E-state index contributed by atoms with van der Waals surface area (Å²) >= 11 is 0. The lowest BCUT2D eigenvalue weighted by Crippen LogP contribution is -2.28. The van der Waals surface area contributed by atoms with Gasteiger partial charge in [0.05, 0.1) is 5.41 Å². The quantitative estimate of drug-likeness (QED) is 0.183. The van der Waals surface area contributed by atoms with Gasteiger partial charge in [-0.15, -0.1) is 0 Å². The zero-order valence-corrected chi connectivity index (χ0v) is 28.4. The third kappa shape index (κ3) is 3.99. The van der Waals surface area contributed by atoms with Gasteiger partial charge in [-0.1, -0.05) is 170 Å². The highest BCUT2D eigenvalue weighted by Gasteiger charge is 2.48. The van der Waals surface area contributed by atoms with Gasteiger partial charge >= 0.3 is 0 Å². The second-order valence-electron chi connectivity index (χ2n) is 13.9. The molecule has 2 aliphatic rings. The van der Waals surface area contributed by atoms with Crippen molar-refractivity contribution in [2.75, 3.05) is 0 Å². The van der Waals surface area contributed by atoms with Crippen LogP contribution in [0.3, 0.4) is 0 Å². The van der Waals surface area contributed by atoms with Crippen molar-refractivity contribution in [3.8, 4) is 56.0 Å². The summed E-state index contributed by atoms with van der Waals surface area (Å²) in [5.74, 6) is 1.81. The van der Waals surface area contributed by atoms with Gasteiger partial charge in [-0.25, -0.2) is 0 Å². The predicted molar refractivity (Wildman–Crippen MR) is 215 cm³/mol. The molecule has 0 N–H and O–H groups in total. The fourth-order valence-electron chi connectivity index (χ4n) is 9.22. The van der Waals surface area contributed by atoms with Gasteiger partial charge in [-0.05, 0) is 102 Å². The second-order valence-corrected chi connectivity index (χ2v) is 13.9. The molecule has 1 heterocycles. The first-order valence-corrected chi connectivity index (χ1v) is 18.0. The van der Waals surface area contributed by atoms with Crippen molar-refractivity contribution in [2.24, 2.45) is 0 Å². The lowest BCUT2D eigenvalue weighted by atomic mass is 9.66. The second kappa shape index (κ2) is 11.2. The van der Waals surface area contributed by atoms with Crippen LogP contribution in [0, 0.1) is 0 Å². The molecule has 1 nitrogen and oxygen atoms in total. The topological polar surface area (TPSA) is 9.23 Å². The van der Waals surface area contributed by atoms with E-state index in [2.05, 4.69) is 188 Å². The van der Waals surface area contributed by atoms with Gasteiger partial charge in [-0.2, -0.15) is 0 Å². The molecule has 1 aliphatic carbocycles. The molecular weight excluding hydrogens is 629 g/mol. The molecular formula is C51H32O. The van der Waals surface area contributed by atoms with E-state index in [4.69, 9.17) is 4.74 Å². The molecule has 9 aromatic carbocycles. The molecule has 0 unspecified atom stereocenters. The van der Waals surface area contributed by atoms with Crippen LogP contribution in [-0.4, -0.2) is 0 Å². The molecule has 0 amide bonds. The maximum atomic E-state index is 6.49. The monoisotopic (exact) mass is 660 g/mol. The van der Waals surface area contributed by atoms with Gasteiger partial charge in [0, 0.05) is 10.9 Å². The number of hydrogen-bond donors (Lipinski definition) is 0. The minimum atomic E-state index is -0.534. The molecule has 0 saturated heterocycles. The van der Waals surface area contributed by atoms with Crippen molar-refractivity contribution in [3.05, 3.63) is 216 Å². The average Bonchev–Trinajstić information content (AvgIpc) is 3.54. The summed E-state index contributed by atoms with van der Waals surface area (Å²) in [5, 5.41) is 4.85. The molecule has 9 aromatic rings. The van der Waals surface area contributed by atoms with Crippen molar-refractivity contribution in [2.45, 2.75) is 5.41 Å². The van der Waals surface area contributed by atoms with Crippen LogP contribution >= 0.6 is 0 Å². The lowest BCUT2D eigenvalue weighted by molar-refractivity contribution is 0.487. The van der Waals surface area contributed by atoms with Crippen LogP contribution in [0.4, 0.5) is 0 Å². The molecule has 0 fully saturated rings. The van der Waals surface area contributed by atoms with E-state index >= 15 is 0 Å². The summed E-state index contributed by atoms with van der Waals surface area (Å²) in [4.78, 5) is 0. The van der Waals surface area contributed by atoms with Gasteiger partial charge in [0.1, 0.15) is 11.5 Å². The Labute approximate surface area is 303 Å². The summed E-state index contributed by atoms with van der Waals surface area (Å²) in [7, 11) is 0. The molecule has 0 spiro atoms. The SMILES string of the molecule is c1ccc(-c2cc3ccc(-c4ccc5c6c(cccc46)-c4ccccc4O5)cc3c3c2-c2ccccc2C3(c2ccccc2)c2ccccc2)cc1. The van der Waals surface area contributed by atoms with Gasteiger partial charge in [-0.3, -0.25) is 0 Å². The fourth-order valence-corrected chi connectivity index (χ4v) is 9.22. The number of hydrogen-bond acceptors (Lipinski definition) is 1. The van der Waals surface area contributed by atoms with Crippen LogP contribution in [0.25, 0.3) is 66.1 Å². The van der Waals surface area contributed by atoms with E-state index in [0.29, 0.717) is 0 Å². The maximum Gasteiger partial charge on any atom is 0.135 e. The summed E-state index contributed by atoms with van der Waals surface area (Å²) in [6, 6.07) is 71.1. The Bertz CT molecular complexity index is 2810. The van der Waals surface area contributed by atoms with Crippen LogP contribution in [0.15, 0.2) is 194 Å². The predicted octanol–water partition coefficient (Wildman–Crippen LogP) is 13.5. The largest absolute Gasteiger partial charge is 0.456 e. The zero-order chi connectivity index (χ0) is 34.2. The molecule has 0 bridgehead atoms. The van der Waals surface area contributed by atoms with Crippen LogP contribution in [0.5, 0.6) is 11.5 Å². The van der Waals surface area contributed by atoms with Crippen molar-refractivity contribution in [1.29, 1.82) is 0 Å². The van der Waals surface area contributed by atoms with Gasteiger partial charge in [0.15, 0.2) is 0 Å². The Morgan fingerprint density at radius 2 is 1.02 bits per heavy atom. The Hall–Kier alpha value is -6.70. The molecule has 11 rings (SSSR count). The van der Waals surface area contributed by atoms with E-state index in [9.17, 15) is 0 Å². The number of rotatable bonds is 4. The van der Waals surface area contributed by atoms with E-state index in [1.165, 1.54) is 82.7 Å². The fraction of sp³-hybridized carbons (Fsp3) is 0.0196. The first kappa shape index (κ1) is 29.1. The first-order chi connectivity index (χ1) is 25.8. The van der Waals surface area contributed by atoms with E-state index < -0.39 is 5.41 Å². The molecule has 0 saturated carbocycles. The highest BCUT2D eigenvalue weighted by atomic mass is 16.5. The zero-order valence-electron chi connectivity index (χ0n) is 28.4. The minimum Gasteiger partial charge on any atom is -0.456 e. The summed E-state index contributed by atoms with van der Waals surface area (Å²) in [6.45, 7) is 0. The van der Waals surface area contributed by atoms with Crippen molar-refractivity contribution in [3.63, 3.8) is 0 Å². The highest BCUT2D eigenvalue weighted by molar-refractivity contribution is 6.12. The molecule has 1 heteroatoms. The maximum absolute atomic E-state index is 6.49. The number of para-hydroxylation sites is 1. The average molecular weight is 661 g/mol. The molecule has 0 atom stereocenters. The van der Waals surface area contributed by atoms with Crippen LogP contribution in [0.1, 0.15) is 22.3 Å². The van der Waals surface area contributed by atoms with Crippen LogP contribution in [-0.2, 0) is 5.41 Å². The number of fused-ring (bicyclic) bond motifs is 7. The Balaban J connectivity index is 1.27. The van der Waals surface area contributed by atoms with Gasteiger partial charge in [0.2, 0.25) is 0 Å². The summed E-state index contributed by atoms with van der Waals surface area (Å²) in [6.07, 6.45) is 0. The number of ether oxygens (including phenoxy) is 1. The smallest absolute Gasteiger partial charge is 0.135 e.